The zero-order valence-electron chi connectivity index (χ0n) is 49.4. The van der Waals surface area contributed by atoms with Crippen LogP contribution in [0.5, 0.6) is 0 Å². The first-order valence-corrected chi connectivity index (χ1v) is 32.1. The normalized spacial score (nSPS) is 19.0. The Labute approximate surface area is 471 Å². The summed E-state index contributed by atoms with van der Waals surface area (Å²) < 4.78 is 16.7. The Balaban J connectivity index is 2.02. The van der Waals surface area contributed by atoms with Crippen LogP contribution >= 0.6 is 0 Å². The van der Waals surface area contributed by atoms with E-state index >= 15 is 0 Å². The van der Waals surface area contributed by atoms with Crippen LogP contribution in [0.2, 0.25) is 0 Å². The topological polar surface area (TPSA) is 175 Å². The smallest absolute Gasteiger partial charge is 0.305 e. The molecule has 11 heteroatoms. The maximum Gasteiger partial charge on any atom is 0.305 e. The van der Waals surface area contributed by atoms with Crippen molar-refractivity contribution in [3.63, 3.8) is 0 Å². The molecule has 6 N–H and O–H groups in total. The lowest BCUT2D eigenvalue weighted by molar-refractivity contribution is -0.302. The first-order chi connectivity index (χ1) is 37.7. The van der Waals surface area contributed by atoms with Gasteiger partial charge in [-0.1, -0.05) is 235 Å². The van der Waals surface area contributed by atoms with Gasteiger partial charge in [-0.05, 0) is 96.3 Å². The highest BCUT2D eigenvalue weighted by atomic mass is 16.7. The predicted molar refractivity (Wildman–Crippen MR) is 320 cm³/mol. The first kappa shape index (κ1) is 72.4. The summed E-state index contributed by atoms with van der Waals surface area (Å²) in [6.07, 6.45) is 62.0. The number of allylic oxidation sites excluding steroid dienone is 9. The molecule has 448 valence electrons. The van der Waals surface area contributed by atoms with E-state index in [9.17, 15) is 35.1 Å². The molecule has 1 saturated heterocycles. The van der Waals surface area contributed by atoms with Crippen LogP contribution in [0.25, 0.3) is 0 Å². The summed E-state index contributed by atoms with van der Waals surface area (Å²) in [5.74, 6) is -0.208. The molecule has 1 aliphatic rings. The van der Waals surface area contributed by atoms with Crippen LogP contribution in [0.3, 0.4) is 0 Å². The van der Waals surface area contributed by atoms with E-state index in [2.05, 4.69) is 67.8 Å². The quantitative estimate of drug-likeness (QED) is 0.0195. The number of unbranched alkanes of at least 4 members (excludes halogenated alkanes) is 33. The fourth-order valence-electron chi connectivity index (χ4n) is 9.70. The molecule has 7 unspecified atom stereocenters. The lowest BCUT2D eigenvalue weighted by Crippen LogP contribution is -2.60. The minimum Gasteiger partial charge on any atom is -0.466 e. The van der Waals surface area contributed by atoms with Crippen molar-refractivity contribution in [1.82, 2.24) is 5.32 Å². The van der Waals surface area contributed by atoms with E-state index in [1.807, 2.05) is 6.08 Å². The van der Waals surface area contributed by atoms with Crippen molar-refractivity contribution in [2.24, 2.45) is 0 Å². The van der Waals surface area contributed by atoms with Crippen LogP contribution in [0.4, 0.5) is 0 Å². The van der Waals surface area contributed by atoms with Gasteiger partial charge in [0.15, 0.2) is 6.29 Å². The van der Waals surface area contributed by atoms with E-state index in [0.29, 0.717) is 19.4 Å². The molecule has 0 saturated carbocycles. The molecule has 1 rings (SSSR count). The summed E-state index contributed by atoms with van der Waals surface area (Å²) in [4.78, 5) is 25.0. The molecule has 7 atom stereocenters. The number of carbonyl (C=O) groups excluding carboxylic acids is 2. The Hall–Kier alpha value is -2.64. The number of carbonyl (C=O) groups is 2. The van der Waals surface area contributed by atoms with Crippen molar-refractivity contribution < 1.29 is 49.3 Å². The van der Waals surface area contributed by atoms with E-state index in [4.69, 9.17) is 14.2 Å². The van der Waals surface area contributed by atoms with Crippen molar-refractivity contribution in [3.05, 3.63) is 60.8 Å². The summed E-state index contributed by atoms with van der Waals surface area (Å²) in [5.41, 5.74) is 0. The fourth-order valence-corrected chi connectivity index (χ4v) is 9.70. The molecular weight excluding hydrogens is 967 g/mol. The Morgan fingerprint density at radius 2 is 0.896 bits per heavy atom. The Bertz CT molecular complexity index is 1460. The van der Waals surface area contributed by atoms with Crippen molar-refractivity contribution in [3.8, 4) is 0 Å². The third kappa shape index (κ3) is 44.8. The molecule has 0 radical (unpaired) electrons. The minimum atomic E-state index is -1.58. The summed E-state index contributed by atoms with van der Waals surface area (Å²) in [6.45, 7) is 4.26. The van der Waals surface area contributed by atoms with E-state index in [0.717, 1.165) is 77.0 Å². The molecule has 0 aromatic carbocycles. The molecule has 1 aliphatic heterocycles. The number of amides is 1. The number of aliphatic hydroxyl groups excluding tert-OH is 5. The maximum atomic E-state index is 13.0. The van der Waals surface area contributed by atoms with E-state index in [1.54, 1.807) is 6.08 Å². The maximum absolute atomic E-state index is 13.0. The number of ether oxygens (including phenoxy) is 3. The van der Waals surface area contributed by atoms with Crippen molar-refractivity contribution in [2.75, 3.05) is 19.8 Å². The largest absolute Gasteiger partial charge is 0.466 e. The van der Waals surface area contributed by atoms with Gasteiger partial charge in [0.25, 0.3) is 0 Å². The van der Waals surface area contributed by atoms with E-state index < -0.39 is 49.5 Å². The van der Waals surface area contributed by atoms with Gasteiger partial charge in [0.1, 0.15) is 24.4 Å². The number of esters is 1. The van der Waals surface area contributed by atoms with Gasteiger partial charge in [0.05, 0.1) is 32.0 Å². The van der Waals surface area contributed by atoms with Gasteiger partial charge >= 0.3 is 5.97 Å². The highest BCUT2D eigenvalue weighted by Gasteiger charge is 2.44. The molecule has 0 bridgehead atoms. The molecule has 11 nitrogen and oxygen atoms in total. The van der Waals surface area contributed by atoms with Crippen LogP contribution in [0, 0.1) is 0 Å². The standard InChI is InChI=1S/C66H119NO10/c1-3-5-7-9-11-13-32-36-40-44-48-52-59(69)58(57-76-66-65(74)64(73)63(72)60(56-68)77-66)67-61(70)53-49-45-41-37-34-30-28-26-24-22-20-18-16-15-17-19-21-23-25-27-29-31-35-39-43-47-51-55-75-62(71)54-50-46-42-38-33-14-12-10-8-6-4-2/h10,12,15-16,19,21,32,36,48,52,58-60,63-66,68-69,72-74H,3-9,11,13-14,17-18,20,22-31,33-35,37-47,49-51,53-57H2,1-2H3,(H,67,70)/b12-10-,16-15-,21-19-,36-32+,52-48+. The summed E-state index contributed by atoms with van der Waals surface area (Å²) in [7, 11) is 0. The predicted octanol–water partition coefficient (Wildman–Crippen LogP) is 15.4. The average molecular weight is 1090 g/mol. The summed E-state index contributed by atoms with van der Waals surface area (Å²) in [5, 5.41) is 54.3. The summed E-state index contributed by atoms with van der Waals surface area (Å²) >= 11 is 0. The molecule has 0 spiro atoms. The van der Waals surface area contributed by atoms with Gasteiger partial charge in [0, 0.05) is 12.8 Å². The van der Waals surface area contributed by atoms with Crippen molar-refractivity contribution in [1.29, 1.82) is 0 Å². The van der Waals surface area contributed by atoms with E-state index in [-0.39, 0.29) is 18.5 Å². The van der Waals surface area contributed by atoms with Gasteiger partial charge in [-0.15, -0.1) is 0 Å². The van der Waals surface area contributed by atoms with Gasteiger partial charge in [0.2, 0.25) is 5.91 Å². The molecule has 0 aromatic heterocycles. The van der Waals surface area contributed by atoms with Gasteiger partial charge < -0.3 is 45.1 Å². The number of rotatable bonds is 55. The lowest BCUT2D eigenvalue weighted by Gasteiger charge is -2.40. The fraction of sp³-hybridized carbons (Fsp3) is 0.818. The number of hydrogen-bond acceptors (Lipinski definition) is 10. The Morgan fingerprint density at radius 1 is 0.481 bits per heavy atom. The van der Waals surface area contributed by atoms with Gasteiger partial charge in [-0.3, -0.25) is 9.59 Å². The van der Waals surface area contributed by atoms with E-state index in [1.165, 1.54) is 180 Å². The second-order valence-electron chi connectivity index (χ2n) is 22.1. The highest BCUT2D eigenvalue weighted by Crippen LogP contribution is 2.23. The van der Waals surface area contributed by atoms with Crippen LogP contribution < -0.4 is 5.32 Å². The number of nitrogens with one attached hydrogen (secondary N) is 1. The average Bonchev–Trinajstić information content (AvgIpc) is 3.43. The van der Waals surface area contributed by atoms with Crippen LogP contribution in [0.15, 0.2) is 60.8 Å². The molecule has 77 heavy (non-hydrogen) atoms. The zero-order chi connectivity index (χ0) is 55.9. The highest BCUT2D eigenvalue weighted by molar-refractivity contribution is 5.76. The Morgan fingerprint density at radius 3 is 1.40 bits per heavy atom. The van der Waals surface area contributed by atoms with Crippen molar-refractivity contribution >= 4 is 11.9 Å². The number of hydrogen-bond donors (Lipinski definition) is 6. The van der Waals surface area contributed by atoms with Gasteiger partial charge in [-0.2, -0.15) is 0 Å². The second kappa shape index (κ2) is 55.3. The second-order valence-corrected chi connectivity index (χ2v) is 22.1. The first-order valence-electron chi connectivity index (χ1n) is 32.1. The minimum absolute atomic E-state index is 0.0110. The molecule has 1 heterocycles. The lowest BCUT2D eigenvalue weighted by atomic mass is 9.99. The molecule has 1 amide bonds. The molecule has 0 aromatic rings. The third-order valence-electron chi connectivity index (χ3n) is 14.8. The third-order valence-corrected chi connectivity index (χ3v) is 14.8. The summed E-state index contributed by atoms with van der Waals surface area (Å²) in [6, 6.07) is -0.830. The monoisotopic (exact) mass is 1090 g/mol. The molecule has 0 aliphatic carbocycles. The van der Waals surface area contributed by atoms with Crippen LogP contribution in [0.1, 0.15) is 284 Å². The molecular formula is C66H119NO10. The van der Waals surface area contributed by atoms with Crippen molar-refractivity contribution in [2.45, 2.75) is 326 Å². The Kier molecular flexibility index (Phi) is 52.0. The van der Waals surface area contributed by atoms with Gasteiger partial charge in [-0.25, -0.2) is 0 Å². The number of aliphatic hydroxyl groups is 5. The molecule has 1 fully saturated rings. The zero-order valence-corrected chi connectivity index (χ0v) is 49.4. The van der Waals surface area contributed by atoms with Crippen LogP contribution in [-0.2, 0) is 23.8 Å². The SMILES string of the molecule is CCCC/C=C\CCCCCCCC(=O)OCCCCCCCCCCC/C=C\C/C=C\CCCCCCCCCCCCCC(=O)NC(COC1OC(CO)C(O)C(O)C1O)C(O)/C=C/CC/C=C/CCCCCCC. The van der Waals surface area contributed by atoms with Crippen LogP contribution in [-0.4, -0.2) is 100 Å².